The van der Waals surface area contributed by atoms with Gasteiger partial charge < -0.3 is 20.6 Å². The number of urea groups is 1. The van der Waals surface area contributed by atoms with E-state index in [4.69, 9.17) is 5.11 Å². The summed E-state index contributed by atoms with van der Waals surface area (Å²) in [4.78, 5) is 33.1. The van der Waals surface area contributed by atoms with Crippen LogP contribution < -0.4 is 10.6 Å². The Morgan fingerprint density at radius 2 is 1.71 bits per heavy atom. The van der Waals surface area contributed by atoms with E-state index in [1.165, 1.54) is 19.0 Å². The van der Waals surface area contributed by atoms with Crippen LogP contribution in [0.1, 0.15) is 0 Å². The summed E-state index contributed by atoms with van der Waals surface area (Å²) in [5.41, 5.74) is 0. The van der Waals surface area contributed by atoms with Crippen LogP contribution in [0.3, 0.4) is 0 Å². The molecule has 0 heterocycles. The number of amides is 3. The van der Waals surface area contributed by atoms with Gasteiger partial charge in [-0.25, -0.2) is 4.79 Å². The lowest BCUT2D eigenvalue weighted by Gasteiger charge is -2.11. The average molecular weight is 203 g/mol. The van der Waals surface area contributed by atoms with Crippen molar-refractivity contribution in [1.82, 2.24) is 15.5 Å². The molecule has 0 fully saturated rings. The Balaban J connectivity index is 3.64. The maximum absolute atomic E-state index is 10.9. The molecule has 3 N–H and O–H groups in total. The Morgan fingerprint density at radius 1 is 1.14 bits per heavy atom. The first-order valence-electron chi connectivity index (χ1n) is 3.87. The summed E-state index contributed by atoms with van der Waals surface area (Å²) >= 11 is 0. The fraction of sp³-hybridized carbons (Fsp3) is 0.571. The van der Waals surface area contributed by atoms with Crippen molar-refractivity contribution in [3.8, 4) is 0 Å². The molecule has 7 heteroatoms. The molecule has 0 aromatic carbocycles. The van der Waals surface area contributed by atoms with Gasteiger partial charge >= 0.3 is 12.0 Å². The van der Waals surface area contributed by atoms with Crippen LogP contribution in [0.4, 0.5) is 4.79 Å². The highest BCUT2D eigenvalue weighted by molar-refractivity contribution is 5.85. The van der Waals surface area contributed by atoms with Gasteiger partial charge in [0.2, 0.25) is 5.91 Å². The summed E-state index contributed by atoms with van der Waals surface area (Å²) in [6.07, 6.45) is 0. The molecule has 3 amide bonds. The summed E-state index contributed by atoms with van der Waals surface area (Å²) < 4.78 is 0. The molecule has 0 spiro atoms. The molecule has 0 rings (SSSR count). The van der Waals surface area contributed by atoms with E-state index in [1.807, 2.05) is 0 Å². The molecule has 0 aliphatic carbocycles. The molecule has 0 bridgehead atoms. The van der Waals surface area contributed by atoms with Gasteiger partial charge in [0.1, 0.15) is 6.54 Å². The maximum Gasteiger partial charge on any atom is 0.322 e. The first-order valence-corrected chi connectivity index (χ1v) is 3.87. The van der Waals surface area contributed by atoms with Crippen molar-refractivity contribution >= 4 is 17.9 Å². The standard InChI is InChI=1S/C7H13N3O4/c1-10(2)7(14)9-3-5(11)8-4-6(12)13/h3-4H2,1-2H3,(H,8,11)(H,9,14)(H,12,13). The molecule has 0 aromatic heterocycles. The van der Waals surface area contributed by atoms with Crippen molar-refractivity contribution in [1.29, 1.82) is 0 Å². The fourth-order valence-corrected chi connectivity index (χ4v) is 0.551. The molecule has 0 saturated carbocycles. The average Bonchev–Trinajstić information content (AvgIpc) is 2.10. The van der Waals surface area contributed by atoms with Crippen molar-refractivity contribution in [2.75, 3.05) is 27.2 Å². The van der Waals surface area contributed by atoms with E-state index in [9.17, 15) is 14.4 Å². The molecule has 0 aliphatic rings. The van der Waals surface area contributed by atoms with Crippen LogP contribution in [0.5, 0.6) is 0 Å². The predicted molar refractivity (Wildman–Crippen MR) is 47.7 cm³/mol. The van der Waals surface area contributed by atoms with Crippen LogP contribution in [-0.4, -0.2) is 55.1 Å². The number of aliphatic carboxylic acids is 1. The zero-order chi connectivity index (χ0) is 11.1. The van der Waals surface area contributed by atoms with Gasteiger partial charge in [0.05, 0.1) is 6.54 Å². The Morgan fingerprint density at radius 3 is 2.14 bits per heavy atom. The Bertz CT molecular complexity index is 239. The quantitative estimate of drug-likeness (QED) is 0.515. The number of rotatable bonds is 4. The van der Waals surface area contributed by atoms with Gasteiger partial charge in [-0.2, -0.15) is 0 Å². The van der Waals surface area contributed by atoms with Crippen molar-refractivity contribution in [2.24, 2.45) is 0 Å². The lowest BCUT2D eigenvalue weighted by Crippen LogP contribution is -2.42. The number of nitrogens with one attached hydrogen (secondary N) is 2. The monoisotopic (exact) mass is 203 g/mol. The number of carbonyl (C=O) groups excluding carboxylic acids is 2. The highest BCUT2D eigenvalue weighted by Gasteiger charge is 2.07. The van der Waals surface area contributed by atoms with Gasteiger partial charge in [0, 0.05) is 14.1 Å². The lowest BCUT2D eigenvalue weighted by molar-refractivity contribution is -0.137. The number of carboxylic acid groups (broad SMARTS) is 1. The van der Waals surface area contributed by atoms with Crippen molar-refractivity contribution in [3.05, 3.63) is 0 Å². The second-order valence-electron chi connectivity index (χ2n) is 2.72. The summed E-state index contributed by atoms with van der Waals surface area (Å²) in [5.74, 6) is -1.67. The van der Waals surface area contributed by atoms with E-state index >= 15 is 0 Å². The second-order valence-corrected chi connectivity index (χ2v) is 2.72. The van der Waals surface area contributed by atoms with Gasteiger partial charge in [-0.05, 0) is 0 Å². The van der Waals surface area contributed by atoms with Crippen LogP contribution >= 0.6 is 0 Å². The Hall–Kier alpha value is -1.79. The number of hydrogen-bond acceptors (Lipinski definition) is 3. The van der Waals surface area contributed by atoms with Gasteiger partial charge in [0.25, 0.3) is 0 Å². The molecule has 14 heavy (non-hydrogen) atoms. The smallest absolute Gasteiger partial charge is 0.322 e. The van der Waals surface area contributed by atoms with E-state index in [1.54, 1.807) is 0 Å². The first kappa shape index (κ1) is 12.2. The number of nitrogens with zero attached hydrogens (tertiary/aromatic N) is 1. The molecule has 0 unspecified atom stereocenters. The van der Waals surface area contributed by atoms with E-state index in [-0.39, 0.29) is 6.54 Å². The molecule has 0 aromatic rings. The van der Waals surface area contributed by atoms with Crippen molar-refractivity contribution < 1.29 is 19.5 Å². The minimum absolute atomic E-state index is 0.232. The Labute approximate surface area is 81.1 Å². The predicted octanol–water partition coefficient (Wildman–Crippen LogP) is -1.54. The summed E-state index contributed by atoms with van der Waals surface area (Å²) in [5, 5.41) is 12.6. The number of carbonyl (C=O) groups is 3. The zero-order valence-corrected chi connectivity index (χ0v) is 8.03. The van der Waals surface area contributed by atoms with Gasteiger partial charge in [-0.1, -0.05) is 0 Å². The summed E-state index contributed by atoms with van der Waals surface area (Å²) in [6, 6.07) is -0.407. The molecule has 0 radical (unpaired) electrons. The van der Waals surface area contributed by atoms with Crippen molar-refractivity contribution in [2.45, 2.75) is 0 Å². The SMILES string of the molecule is CN(C)C(=O)NCC(=O)NCC(=O)O. The highest BCUT2D eigenvalue weighted by atomic mass is 16.4. The van der Waals surface area contributed by atoms with Crippen LogP contribution in [0.25, 0.3) is 0 Å². The van der Waals surface area contributed by atoms with E-state index in [2.05, 4.69) is 10.6 Å². The molecular weight excluding hydrogens is 190 g/mol. The first-order chi connectivity index (χ1) is 6.43. The molecule has 7 nitrogen and oxygen atoms in total. The zero-order valence-electron chi connectivity index (χ0n) is 8.03. The van der Waals surface area contributed by atoms with Crippen LogP contribution in [0, 0.1) is 0 Å². The van der Waals surface area contributed by atoms with Crippen LogP contribution in [-0.2, 0) is 9.59 Å². The fourth-order valence-electron chi connectivity index (χ4n) is 0.551. The van der Waals surface area contributed by atoms with Crippen LogP contribution in [0.2, 0.25) is 0 Å². The van der Waals surface area contributed by atoms with E-state index in [0.717, 1.165) is 0 Å². The van der Waals surface area contributed by atoms with E-state index in [0.29, 0.717) is 0 Å². The molecule has 0 saturated heterocycles. The van der Waals surface area contributed by atoms with Gasteiger partial charge in [0.15, 0.2) is 0 Å². The van der Waals surface area contributed by atoms with Crippen molar-refractivity contribution in [3.63, 3.8) is 0 Å². The highest BCUT2D eigenvalue weighted by Crippen LogP contribution is 1.75. The molecule has 0 aliphatic heterocycles. The normalized spacial score (nSPS) is 9.00. The Kier molecular flexibility index (Phi) is 5.05. The lowest BCUT2D eigenvalue weighted by atomic mass is 10.5. The van der Waals surface area contributed by atoms with Crippen LogP contribution in [0.15, 0.2) is 0 Å². The third-order valence-corrected chi connectivity index (χ3v) is 1.24. The second kappa shape index (κ2) is 5.79. The van der Waals surface area contributed by atoms with Gasteiger partial charge in [-0.15, -0.1) is 0 Å². The summed E-state index contributed by atoms with van der Waals surface area (Å²) in [6.45, 7) is -0.680. The number of hydrogen-bond donors (Lipinski definition) is 3. The van der Waals surface area contributed by atoms with Gasteiger partial charge in [-0.3, -0.25) is 9.59 Å². The summed E-state index contributed by atoms with van der Waals surface area (Å²) in [7, 11) is 3.06. The maximum atomic E-state index is 10.9. The third-order valence-electron chi connectivity index (χ3n) is 1.24. The largest absolute Gasteiger partial charge is 0.480 e. The topological polar surface area (TPSA) is 98.7 Å². The molecular formula is C7H13N3O4. The third kappa shape index (κ3) is 5.81. The number of carboxylic acids is 1. The molecule has 80 valence electrons. The van der Waals surface area contributed by atoms with E-state index < -0.39 is 24.5 Å². The molecule has 0 atom stereocenters. The minimum Gasteiger partial charge on any atom is -0.480 e. The minimum atomic E-state index is -1.13.